The molecule has 3 aromatic rings. The average Bonchev–Trinajstić information content (AvgIpc) is 3.08. The third-order valence-corrected chi connectivity index (χ3v) is 4.73. The Labute approximate surface area is 146 Å². The molecule has 1 N–H and O–H groups in total. The number of amides is 1. The van der Waals surface area contributed by atoms with Gasteiger partial charge >= 0.3 is 0 Å². The van der Waals surface area contributed by atoms with Gasteiger partial charge < -0.3 is 10.1 Å². The maximum atomic E-state index is 11.4. The summed E-state index contributed by atoms with van der Waals surface area (Å²) in [7, 11) is 1.66. The summed E-state index contributed by atoms with van der Waals surface area (Å²) in [5.41, 5.74) is 4.38. The van der Waals surface area contributed by atoms with Crippen molar-refractivity contribution in [2.45, 2.75) is 25.3 Å². The van der Waals surface area contributed by atoms with Crippen molar-refractivity contribution in [3.05, 3.63) is 71.3 Å². The Morgan fingerprint density at radius 1 is 1.16 bits per heavy atom. The monoisotopic (exact) mass is 332 g/mol. The average molecular weight is 332 g/mol. The number of nitrogens with zero attached hydrogens (tertiary/aromatic N) is 1. The van der Waals surface area contributed by atoms with Gasteiger partial charge in [-0.1, -0.05) is 42.5 Å². The van der Waals surface area contributed by atoms with Crippen molar-refractivity contribution in [2.24, 2.45) is 0 Å². The van der Waals surface area contributed by atoms with Gasteiger partial charge in [0.15, 0.2) is 0 Å². The number of nitrogens with one attached hydrogen (secondary N) is 1. The molecule has 4 heteroatoms. The minimum Gasteiger partial charge on any atom is -0.481 e. The van der Waals surface area contributed by atoms with E-state index in [1.807, 2.05) is 18.2 Å². The number of pyridine rings is 1. The lowest BCUT2D eigenvalue weighted by Crippen LogP contribution is -2.18. The van der Waals surface area contributed by atoms with Gasteiger partial charge in [-0.3, -0.25) is 4.79 Å². The number of ether oxygens (including phenoxy) is 1. The Morgan fingerprint density at radius 2 is 1.96 bits per heavy atom. The van der Waals surface area contributed by atoms with E-state index in [0.717, 1.165) is 29.3 Å². The molecular formula is C21H20N2O2. The molecule has 0 bridgehead atoms. The SMILES string of the molecule is COc1nc2ccccc2cc1Cc1ccc(C2CCC(=O)N2)cc1. The maximum Gasteiger partial charge on any atom is 0.220 e. The van der Waals surface area contributed by atoms with Crippen LogP contribution in [-0.2, 0) is 11.2 Å². The van der Waals surface area contributed by atoms with E-state index in [-0.39, 0.29) is 11.9 Å². The molecule has 1 aliphatic rings. The minimum atomic E-state index is 0.140. The number of carbonyl (C=O) groups is 1. The number of fused-ring (bicyclic) bond motifs is 1. The Hall–Kier alpha value is -2.88. The first kappa shape index (κ1) is 15.6. The van der Waals surface area contributed by atoms with E-state index in [4.69, 9.17) is 4.74 Å². The topological polar surface area (TPSA) is 51.2 Å². The summed E-state index contributed by atoms with van der Waals surface area (Å²) >= 11 is 0. The molecule has 25 heavy (non-hydrogen) atoms. The van der Waals surface area contributed by atoms with Crippen molar-refractivity contribution >= 4 is 16.8 Å². The third-order valence-electron chi connectivity index (χ3n) is 4.73. The van der Waals surface area contributed by atoms with E-state index in [2.05, 4.69) is 46.7 Å². The van der Waals surface area contributed by atoms with Gasteiger partial charge in [-0.25, -0.2) is 4.98 Å². The van der Waals surface area contributed by atoms with E-state index in [1.165, 1.54) is 11.1 Å². The highest BCUT2D eigenvalue weighted by atomic mass is 16.5. The van der Waals surface area contributed by atoms with Crippen LogP contribution in [0.3, 0.4) is 0 Å². The standard InChI is InChI=1S/C21H20N2O2/c1-25-21-17(13-16-4-2-3-5-18(16)23-21)12-14-6-8-15(9-7-14)19-10-11-20(24)22-19/h2-9,13,19H,10-12H2,1H3,(H,22,24). The first-order valence-electron chi connectivity index (χ1n) is 8.54. The highest BCUT2D eigenvalue weighted by molar-refractivity contribution is 5.80. The number of aromatic nitrogens is 1. The van der Waals surface area contributed by atoms with Crippen molar-refractivity contribution in [1.82, 2.24) is 10.3 Å². The summed E-state index contributed by atoms with van der Waals surface area (Å²) in [5.74, 6) is 0.812. The zero-order valence-electron chi connectivity index (χ0n) is 14.2. The van der Waals surface area contributed by atoms with Gasteiger partial charge in [-0.05, 0) is 29.7 Å². The van der Waals surface area contributed by atoms with E-state index in [0.29, 0.717) is 12.3 Å². The molecule has 4 nitrogen and oxygen atoms in total. The van der Waals surface area contributed by atoms with Gasteiger partial charge in [-0.15, -0.1) is 0 Å². The number of para-hydroxylation sites is 1. The summed E-state index contributed by atoms with van der Waals surface area (Å²) in [6.45, 7) is 0. The third kappa shape index (κ3) is 3.20. The number of rotatable bonds is 4. The van der Waals surface area contributed by atoms with Crippen molar-refractivity contribution < 1.29 is 9.53 Å². The molecule has 126 valence electrons. The Kier molecular flexibility index (Phi) is 4.10. The number of carbonyl (C=O) groups excluding carboxylic acids is 1. The molecule has 2 aromatic carbocycles. The summed E-state index contributed by atoms with van der Waals surface area (Å²) in [4.78, 5) is 16.0. The largest absolute Gasteiger partial charge is 0.481 e. The summed E-state index contributed by atoms with van der Waals surface area (Å²) in [6.07, 6.45) is 2.26. The molecule has 1 aromatic heterocycles. The van der Waals surface area contributed by atoms with E-state index in [9.17, 15) is 4.79 Å². The van der Waals surface area contributed by atoms with Crippen LogP contribution in [-0.4, -0.2) is 18.0 Å². The lowest BCUT2D eigenvalue weighted by Gasteiger charge is -2.12. The number of methoxy groups -OCH3 is 1. The minimum absolute atomic E-state index is 0.140. The van der Waals surface area contributed by atoms with Gasteiger partial charge in [0.1, 0.15) is 0 Å². The number of benzene rings is 2. The molecule has 2 heterocycles. The van der Waals surface area contributed by atoms with Crippen LogP contribution in [0.1, 0.15) is 35.6 Å². The molecule has 0 aliphatic carbocycles. The first-order valence-corrected chi connectivity index (χ1v) is 8.54. The lowest BCUT2D eigenvalue weighted by molar-refractivity contribution is -0.119. The second-order valence-electron chi connectivity index (χ2n) is 6.43. The summed E-state index contributed by atoms with van der Waals surface area (Å²) in [6, 6.07) is 18.8. The molecule has 1 saturated heterocycles. The van der Waals surface area contributed by atoms with E-state index in [1.54, 1.807) is 7.11 Å². The van der Waals surface area contributed by atoms with Gasteiger partial charge in [0.05, 0.1) is 18.7 Å². The quantitative estimate of drug-likeness (QED) is 0.791. The lowest BCUT2D eigenvalue weighted by atomic mass is 10.00. The number of hydrogen-bond donors (Lipinski definition) is 1. The van der Waals surface area contributed by atoms with Crippen LogP contribution in [0.15, 0.2) is 54.6 Å². The van der Waals surface area contributed by atoms with Crippen molar-refractivity contribution in [3.8, 4) is 5.88 Å². The molecule has 1 atom stereocenters. The van der Waals surface area contributed by atoms with Crippen LogP contribution in [0.2, 0.25) is 0 Å². The highest BCUT2D eigenvalue weighted by Gasteiger charge is 2.21. The maximum absolute atomic E-state index is 11.4. The summed E-state index contributed by atoms with van der Waals surface area (Å²) < 4.78 is 5.48. The molecule has 0 spiro atoms. The number of hydrogen-bond acceptors (Lipinski definition) is 3. The predicted octanol–water partition coefficient (Wildman–Crippen LogP) is 3.79. The molecule has 1 aliphatic heterocycles. The highest BCUT2D eigenvalue weighted by Crippen LogP contribution is 2.27. The van der Waals surface area contributed by atoms with Crippen molar-refractivity contribution in [1.29, 1.82) is 0 Å². The van der Waals surface area contributed by atoms with Crippen LogP contribution in [0.5, 0.6) is 5.88 Å². The van der Waals surface area contributed by atoms with Crippen LogP contribution in [0, 0.1) is 0 Å². The Balaban J connectivity index is 1.59. The fourth-order valence-electron chi connectivity index (χ4n) is 3.40. The molecule has 1 amide bonds. The molecular weight excluding hydrogens is 312 g/mol. The van der Waals surface area contributed by atoms with Crippen LogP contribution in [0.4, 0.5) is 0 Å². The van der Waals surface area contributed by atoms with Gasteiger partial charge in [0.25, 0.3) is 0 Å². The van der Waals surface area contributed by atoms with Crippen LogP contribution < -0.4 is 10.1 Å². The molecule has 0 radical (unpaired) electrons. The summed E-state index contributed by atoms with van der Waals surface area (Å²) in [5, 5.41) is 4.12. The van der Waals surface area contributed by atoms with Crippen molar-refractivity contribution in [3.63, 3.8) is 0 Å². The molecule has 1 unspecified atom stereocenters. The Morgan fingerprint density at radius 3 is 2.68 bits per heavy atom. The first-order chi connectivity index (χ1) is 12.2. The van der Waals surface area contributed by atoms with Crippen molar-refractivity contribution in [2.75, 3.05) is 7.11 Å². The van der Waals surface area contributed by atoms with Gasteiger partial charge in [0, 0.05) is 23.8 Å². The normalized spacial score (nSPS) is 16.8. The van der Waals surface area contributed by atoms with Crippen LogP contribution >= 0.6 is 0 Å². The van der Waals surface area contributed by atoms with E-state index >= 15 is 0 Å². The Bertz CT molecular complexity index is 919. The zero-order valence-corrected chi connectivity index (χ0v) is 14.2. The zero-order chi connectivity index (χ0) is 17.2. The fraction of sp³-hybridized carbons (Fsp3) is 0.238. The molecule has 4 rings (SSSR count). The fourth-order valence-corrected chi connectivity index (χ4v) is 3.40. The van der Waals surface area contributed by atoms with Gasteiger partial charge in [-0.2, -0.15) is 0 Å². The van der Waals surface area contributed by atoms with Gasteiger partial charge in [0.2, 0.25) is 11.8 Å². The van der Waals surface area contributed by atoms with E-state index < -0.39 is 0 Å². The second kappa shape index (κ2) is 6.55. The molecule has 0 saturated carbocycles. The smallest absolute Gasteiger partial charge is 0.220 e. The molecule has 1 fully saturated rings. The predicted molar refractivity (Wildman–Crippen MR) is 97.7 cm³/mol. The second-order valence-corrected chi connectivity index (χ2v) is 6.43. The van der Waals surface area contributed by atoms with Crippen LogP contribution in [0.25, 0.3) is 10.9 Å².